The second kappa shape index (κ2) is 7.97. The Morgan fingerprint density at radius 3 is 2.48 bits per heavy atom. The Morgan fingerprint density at radius 2 is 1.76 bits per heavy atom. The van der Waals surface area contributed by atoms with E-state index in [1.165, 1.54) is 6.07 Å². The summed E-state index contributed by atoms with van der Waals surface area (Å²) in [5, 5.41) is 11.1. The van der Waals surface area contributed by atoms with Gasteiger partial charge in [-0.05, 0) is 35.2 Å². The van der Waals surface area contributed by atoms with Crippen LogP contribution in [0.1, 0.15) is 22.3 Å². The number of nitro benzene ring substituents is 1. The van der Waals surface area contributed by atoms with Gasteiger partial charge in [0.2, 0.25) is 0 Å². The Balaban J connectivity index is 1.86. The van der Waals surface area contributed by atoms with Gasteiger partial charge in [0.05, 0.1) is 11.5 Å². The molecule has 0 fully saturated rings. The third kappa shape index (κ3) is 4.57. The van der Waals surface area contributed by atoms with E-state index in [9.17, 15) is 10.1 Å². The largest absolute Gasteiger partial charge is 0.288 e. The third-order valence-electron chi connectivity index (χ3n) is 3.83. The molecule has 0 bridgehead atoms. The van der Waals surface area contributed by atoms with Crippen LogP contribution in [0.15, 0.2) is 78.0 Å². The number of pyridine rings is 1. The molecule has 25 heavy (non-hydrogen) atoms. The van der Waals surface area contributed by atoms with Gasteiger partial charge in [0, 0.05) is 36.3 Å². The van der Waals surface area contributed by atoms with Crippen LogP contribution in [0.3, 0.4) is 0 Å². The van der Waals surface area contributed by atoms with Crippen molar-refractivity contribution in [3.63, 3.8) is 0 Å². The number of hydrogen-bond donors (Lipinski definition) is 0. The molecule has 0 amide bonds. The molecule has 0 saturated carbocycles. The highest BCUT2D eigenvalue weighted by Gasteiger charge is 2.10. The van der Waals surface area contributed by atoms with Gasteiger partial charge >= 0.3 is 0 Å². The van der Waals surface area contributed by atoms with Gasteiger partial charge in [0.15, 0.2) is 0 Å². The van der Waals surface area contributed by atoms with Crippen molar-refractivity contribution in [1.82, 2.24) is 4.98 Å². The van der Waals surface area contributed by atoms with Crippen molar-refractivity contribution in [2.45, 2.75) is 13.0 Å². The molecule has 0 spiro atoms. The van der Waals surface area contributed by atoms with Crippen molar-refractivity contribution in [2.75, 3.05) is 0 Å². The Kier molecular flexibility index (Phi) is 5.26. The molecule has 5 nitrogen and oxygen atoms in total. The SMILES string of the molecule is O=[N+]([O-])c1ccc(Cc2ccncc2)c(C=NCc2ccccc2)c1. The highest BCUT2D eigenvalue weighted by molar-refractivity contribution is 5.83. The molecular weight excluding hydrogens is 314 g/mol. The minimum atomic E-state index is -0.384. The van der Waals surface area contributed by atoms with Crippen LogP contribution in [0.25, 0.3) is 0 Å². The van der Waals surface area contributed by atoms with Crippen LogP contribution >= 0.6 is 0 Å². The lowest BCUT2D eigenvalue weighted by atomic mass is 10.0. The Morgan fingerprint density at radius 1 is 1.00 bits per heavy atom. The molecule has 0 aliphatic rings. The predicted octanol–water partition coefficient (Wildman–Crippen LogP) is 4.20. The van der Waals surface area contributed by atoms with Crippen LogP contribution in [0.2, 0.25) is 0 Å². The monoisotopic (exact) mass is 331 g/mol. The zero-order valence-corrected chi connectivity index (χ0v) is 13.6. The maximum Gasteiger partial charge on any atom is 0.270 e. The third-order valence-corrected chi connectivity index (χ3v) is 3.83. The van der Waals surface area contributed by atoms with Crippen molar-refractivity contribution in [2.24, 2.45) is 4.99 Å². The molecule has 3 aromatic rings. The van der Waals surface area contributed by atoms with Crippen molar-refractivity contribution in [1.29, 1.82) is 0 Å². The second-order valence-electron chi connectivity index (χ2n) is 5.63. The fraction of sp³-hybridized carbons (Fsp3) is 0.100. The van der Waals surface area contributed by atoms with Crippen LogP contribution in [0.5, 0.6) is 0 Å². The number of aromatic nitrogens is 1. The molecule has 0 radical (unpaired) electrons. The van der Waals surface area contributed by atoms with Gasteiger partial charge < -0.3 is 0 Å². The van der Waals surface area contributed by atoms with Crippen LogP contribution in [0.4, 0.5) is 5.69 Å². The van der Waals surface area contributed by atoms with Gasteiger partial charge in [-0.1, -0.05) is 36.4 Å². The van der Waals surface area contributed by atoms with Crippen LogP contribution in [0, 0.1) is 10.1 Å². The molecule has 0 aliphatic heterocycles. The summed E-state index contributed by atoms with van der Waals surface area (Å²) in [6.07, 6.45) is 5.87. The first-order valence-electron chi connectivity index (χ1n) is 7.92. The molecule has 3 rings (SSSR count). The van der Waals surface area contributed by atoms with Gasteiger partial charge in [0.1, 0.15) is 0 Å². The van der Waals surface area contributed by atoms with E-state index in [0.717, 1.165) is 22.3 Å². The average molecular weight is 331 g/mol. The van der Waals surface area contributed by atoms with Crippen molar-refractivity contribution >= 4 is 11.9 Å². The number of nitrogens with zero attached hydrogens (tertiary/aromatic N) is 3. The highest BCUT2D eigenvalue weighted by Crippen LogP contribution is 2.19. The Hall–Kier alpha value is -3.34. The molecule has 1 heterocycles. The summed E-state index contributed by atoms with van der Waals surface area (Å²) >= 11 is 0. The number of aliphatic imine (C=N–C) groups is 1. The van der Waals surface area contributed by atoms with E-state index in [4.69, 9.17) is 0 Å². The van der Waals surface area contributed by atoms with Gasteiger partial charge in [-0.15, -0.1) is 0 Å². The van der Waals surface area contributed by atoms with E-state index in [2.05, 4.69) is 9.98 Å². The molecular formula is C20H17N3O2. The van der Waals surface area contributed by atoms with Crippen molar-refractivity contribution in [3.8, 4) is 0 Å². The van der Waals surface area contributed by atoms with E-state index >= 15 is 0 Å². The Labute approximate surface area is 145 Å². The predicted molar refractivity (Wildman–Crippen MR) is 97.9 cm³/mol. The molecule has 0 unspecified atom stereocenters. The maximum atomic E-state index is 11.1. The lowest BCUT2D eigenvalue weighted by Gasteiger charge is -2.06. The van der Waals surface area contributed by atoms with Crippen LogP contribution < -0.4 is 0 Å². The fourth-order valence-corrected chi connectivity index (χ4v) is 2.53. The summed E-state index contributed by atoms with van der Waals surface area (Å²) in [4.78, 5) is 19.2. The first kappa shape index (κ1) is 16.5. The van der Waals surface area contributed by atoms with Crippen LogP contribution in [-0.2, 0) is 13.0 Å². The standard InChI is InChI=1S/C20H17N3O2/c24-23(25)20-7-6-18(12-16-8-10-21-11-9-16)19(13-20)15-22-14-17-4-2-1-3-5-17/h1-11,13,15H,12,14H2. The van der Waals surface area contributed by atoms with Gasteiger partial charge in [-0.25, -0.2) is 0 Å². The summed E-state index contributed by atoms with van der Waals surface area (Å²) in [7, 11) is 0. The maximum absolute atomic E-state index is 11.1. The van der Waals surface area contributed by atoms with Gasteiger partial charge in [0.25, 0.3) is 5.69 Å². The average Bonchev–Trinajstić information content (AvgIpc) is 2.64. The van der Waals surface area contributed by atoms with E-state index < -0.39 is 0 Å². The van der Waals surface area contributed by atoms with E-state index in [1.54, 1.807) is 30.7 Å². The topological polar surface area (TPSA) is 68.4 Å². The summed E-state index contributed by atoms with van der Waals surface area (Å²) in [5.74, 6) is 0. The first-order chi connectivity index (χ1) is 12.2. The van der Waals surface area contributed by atoms with Gasteiger partial charge in [-0.3, -0.25) is 20.1 Å². The molecule has 0 N–H and O–H groups in total. The van der Waals surface area contributed by atoms with E-state index in [-0.39, 0.29) is 10.6 Å². The molecule has 2 aromatic carbocycles. The second-order valence-corrected chi connectivity index (χ2v) is 5.63. The summed E-state index contributed by atoms with van der Waals surface area (Å²) in [6.45, 7) is 0.540. The number of rotatable bonds is 6. The fourth-order valence-electron chi connectivity index (χ4n) is 2.53. The summed E-state index contributed by atoms with van der Waals surface area (Å²) in [5.41, 5.74) is 4.02. The molecule has 0 atom stereocenters. The Bertz CT molecular complexity index is 878. The molecule has 124 valence electrons. The number of hydrogen-bond acceptors (Lipinski definition) is 4. The molecule has 0 saturated heterocycles. The van der Waals surface area contributed by atoms with E-state index in [0.29, 0.717) is 13.0 Å². The van der Waals surface area contributed by atoms with Gasteiger partial charge in [-0.2, -0.15) is 0 Å². The van der Waals surface area contributed by atoms with E-state index in [1.807, 2.05) is 42.5 Å². The zero-order valence-electron chi connectivity index (χ0n) is 13.6. The lowest BCUT2D eigenvalue weighted by Crippen LogP contribution is -1.98. The summed E-state index contributed by atoms with van der Waals surface area (Å²) < 4.78 is 0. The highest BCUT2D eigenvalue weighted by atomic mass is 16.6. The smallest absolute Gasteiger partial charge is 0.270 e. The van der Waals surface area contributed by atoms with Crippen molar-refractivity contribution < 1.29 is 4.92 Å². The minimum absolute atomic E-state index is 0.0691. The zero-order chi connectivity index (χ0) is 17.5. The summed E-state index contributed by atoms with van der Waals surface area (Å²) in [6, 6.07) is 18.7. The molecule has 1 aromatic heterocycles. The number of nitro groups is 1. The van der Waals surface area contributed by atoms with Crippen LogP contribution in [-0.4, -0.2) is 16.1 Å². The first-order valence-corrected chi connectivity index (χ1v) is 7.92. The number of benzene rings is 2. The normalized spacial score (nSPS) is 10.9. The number of non-ortho nitro benzene ring substituents is 1. The lowest BCUT2D eigenvalue weighted by molar-refractivity contribution is -0.384. The minimum Gasteiger partial charge on any atom is -0.288 e. The molecule has 5 heteroatoms. The quantitative estimate of drug-likeness (QED) is 0.386. The molecule has 0 aliphatic carbocycles. The van der Waals surface area contributed by atoms with Crippen molar-refractivity contribution in [3.05, 3.63) is 105 Å².